The van der Waals surface area contributed by atoms with Crippen LogP contribution in [0, 0.1) is 6.92 Å². The molecular weight excluding hydrogens is 484 g/mol. The number of aliphatic imine (C=N–C) groups is 1. The predicted molar refractivity (Wildman–Crippen MR) is 155 cm³/mol. The molecule has 0 atom stereocenters. The fraction of sp³-hybridized carbons (Fsp3) is 0.448. The van der Waals surface area contributed by atoms with Crippen LogP contribution in [-0.4, -0.2) is 41.7 Å². The summed E-state index contributed by atoms with van der Waals surface area (Å²) in [6.07, 6.45) is 5.72. The van der Waals surface area contributed by atoms with Crippen molar-refractivity contribution in [1.29, 1.82) is 0 Å². The number of thioether (sulfide) groups is 2. The molecule has 2 aliphatic heterocycles. The van der Waals surface area contributed by atoms with Gasteiger partial charge in [-0.3, -0.25) is 9.69 Å². The van der Waals surface area contributed by atoms with Gasteiger partial charge in [0.25, 0.3) is 5.91 Å². The van der Waals surface area contributed by atoms with Crippen LogP contribution in [0.4, 0.5) is 17.1 Å². The Morgan fingerprint density at radius 2 is 1.75 bits per heavy atom. The van der Waals surface area contributed by atoms with Gasteiger partial charge in [0, 0.05) is 36.3 Å². The lowest BCUT2D eigenvalue weighted by Crippen LogP contribution is -2.40. The molecule has 1 saturated heterocycles. The Morgan fingerprint density at radius 3 is 2.44 bits per heavy atom. The van der Waals surface area contributed by atoms with E-state index < -0.39 is 0 Å². The summed E-state index contributed by atoms with van der Waals surface area (Å²) in [5.74, 6) is 0.122. The summed E-state index contributed by atoms with van der Waals surface area (Å²) in [5.41, 5.74) is 4.51. The lowest BCUT2D eigenvalue weighted by molar-refractivity contribution is -0.124. The molecular formula is C29H36N4OS2. The molecule has 3 aliphatic rings. The van der Waals surface area contributed by atoms with Crippen molar-refractivity contribution < 1.29 is 4.79 Å². The maximum absolute atomic E-state index is 14.0. The fourth-order valence-electron chi connectivity index (χ4n) is 5.43. The van der Waals surface area contributed by atoms with Crippen LogP contribution in [0.1, 0.15) is 58.4 Å². The highest BCUT2D eigenvalue weighted by Gasteiger charge is 2.42. The molecule has 0 unspecified atom stereocenters. The number of hydrogen-bond acceptors (Lipinski definition) is 6. The zero-order chi connectivity index (χ0) is 25.2. The van der Waals surface area contributed by atoms with Crippen molar-refractivity contribution >= 4 is 51.7 Å². The molecule has 5 nitrogen and oxygen atoms in total. The Hall–Kier alpha value is -2.38. The number of benzene rings is 2. The third kappa shape index (κ3) is 4.68. The van der Waals surface area contributed by atoms with Gasteiger partial charge in [0.15, 0.2) is 5.17 Å². The number of fused-ring (bicyclic) bond motifs is 1. The molecule has 2 aromatic carbocycles. The van der Waals surface area contributed by atoms with Gasteiger partial charge in [0.05, 0.1) is 11.4 Å². The van der Waals surface area contributed by atoms with Gasteiger partial charge < -0.3 is 9.80 Å². The van der Waals surface area contributed by atoms with Gasteiger partial charge in [-0.15, -0.1) is 0 Å². The van der Waals surface area contributed by atoms with Crippen LogP contribution >= 0.6 is 23.5 Å². The minimum atomic E-state index is 0.122. The summed E-state index contributed by atoms with van der Waals surface area (Å²) >= 11 is 3.28. The average Bonchev–Trinajstić information content (AvgIpc) is 3.43. The molecule has 1 amide bonds. The zero-order valence-corrected chi connectivity index (χ0v) is 23.4. The zero-order valence-electron chi connectivity index (χ0n) is 21.8. The number of amides is 1. The van der Waals surface area contributed by atoms with Crippen molar-refractivity contribution in [2.24, 2.45) is 4.99 Å². The maximum Gasteiger partial charge on any atom is 0.269 e. The van der Waals surface area contributed by atoms with Crippen molar-refractivity contribution in [2.45, 2.75) is 70.7 Å². The molecule has 2 aromatic rings. The van der Waals surface area contributed by atoms with Gasteiger partial charge in [0.2, 0.25) is 0 Å². The highest BCUT2D eigenvalue weighted by molar-refractivity contribution is 8.19. The Balaban J connectivity index is 1.54. The molecule has 0 N–H and O–H groups in total. The number of anilines is 2. The van der Waals surface area contributed by atoms with Gasteiger partial charge in [-0.2, -0.15) is 0 Å². The van der Waals surface area contributed by atoms with Crippen molar-refractivity contribution in [3.63, 3.8) is 0 Å². The summed E-state index contributed by atoms with van der Waals surface area (Å²) in [6, 6.07) is 15.2. The molecule has 5 rings (SSSR count). The molecule has 7 heteroatoms. The van der Waals surface area contributed by atoms with Gasteiger partial charge in [0.1, 0.15) is 9.93 Å². The highest BCUT2D eigenvalue weighted by Crippen LogP contribution is 2.51. The van der Waals surface area contributed by atoms with E-state index >= 15 is 0 Å². The fourth-order valence-corrected chi connectivity index (χ4v) is 7.87. The summed E-state index contributed by atoms with van der Waals surface area (Å²) in [7, 11) is 0. The topological polar surface area (TPSA) is 39.1 Å². The summed E-state index contributed by atoms with van der Waals surface area (Å²) in [6.45, 7) is 11.4. The van der Waals surface area contributed by atoms with E-state index in [4.69, 9.17) is 4.99 Å². The van der Waals surface area contributed by atoms with E-state index in [0.717, 1.165) is 58.8 Å². The van der Waals surface area contributed by atoms with Crippen LogP contribution in [-0.2, 0) is 4.79 Å². The third-order valence-electron chi connectivity index (χ3n) is 7.40. The quantitative estimate of drug-likeness (QED) is 0.368. The Morgan fingerprint density at radius 1 is 1.00 bits per heavy atom. The molecule has 36 heavy (non-hydrogen) atoms. The molecule has 1 saturated carbocycles. The third-order valence-corrected chi connectivity index (χ3v) is 9.75. The number of nitrogens with zero attached hydrogens (tertiary/aromatic N) is 4. The summed E-state index contributed by atoms with van der Waals surface area (Å²) < 4.78 is 0. The molecule has 1 aliphatic carbocycles. The summed E-state index contributed by atoms with van der Waals surface area (Å²) in [4.78, 5) is 27.9. The van der Waals surface area contributed by atoms with Gasteiger partial charge in [-0.05, 0) is 88.2 Å². The first kappa shape index (κ1) is 25.3. The van der Waals surface area contributed by atoms with Crippen LogP contribution in [0.3, 0.4) is 0 Å². The second kappa shape index (κ2) is 10.9. The monoisotopic (exact) mass is 520 g/mol. The SMILES string of the molecule is CCN(CC)c1ccc(N=C2S/C(=C3\Sc4ccccc4N3CC)C(=O)N2C2CCCCC2)c(C)c1. The van der Waals surface area contributed by atoms with E-state index in [1.54, 1.807) is 23.5 Å². The van der Waals surface area contributed by atoms with Crippen LogP contribution in [0.15, 0.2) is 62.3 Å². The molecule has 0 bridgehead atoms. The van der Waals surface area contributed by atoms with E-state index in [9.17, 15) is 4.79 Å². The lowest BCUT2D eigenvalue weighted by atomic mass is 9.94. The lowest BCUT2D eigenvalue weighted by Gasteiger charge is -2.30. The van der Waals surface area contributed by atoms with Crippen LogP contribution in [0.2, 0.25) is 0 Å². The number of amidine groups is 1. The molecule has 2 fully saturated rings. The standard InChI is InChI=1S/C29H36N4OS2/c1-5-31(6-2)22-17-18-23(20(4)19-22)30-29-33(21-13-9-8-10-14-21)27(34)26(36-29)28-32(7-3)24-15-11-12-16-25(24)35-28/h11-12,15-19,21H,5-10,13-14H2,1-4H3/b28-26-,30-29?. The van der Waals surface area contributed by atoms with E-state index in [0.29, 0.717) is 0 Å². The van der Waals surface area contributed by atoms with Crippen molar-refractivity contribution in [1.82, 2.24) is 4.90 Å². The normalized spacial score (nSPS) is 21.6. The first-order chi connectivity index (χ1) is 17.5. The minimum Gasteiger partial charge on any atom is -0.372 e. The van der Waals surface area contributed by atoms with Gasteiger partial charge >= 0.3 is 0 Å². The van der Waals surface area contributed by atoms with E-state index in [1.165, 1.54) is 35.5 Å². The van der Waals surface area contributed by atoms with Crippen LogP contribution in [0.5, 0.6) is 0 Å². The Labute approximate surface area is 224 Å². The smallest absolute Gasteiger partial charge is 0.269 e. The number of carbonyl (C=O) groups is 1. The number of carbonyl (C=O) groups excluding carboxylic acids is 1. The Kier molecular flexibility index (Phi) is 7.68. The summed E-state index contributed by atoms with van der Waals surface area (Å²) in [5, 5.41) is 1.88. The number of hydrogen-bond donors (Lipinski definition) is 0. The first-order valence-corrected chi connectivity index (χ1v) is 14.9. The molecule has 2 heterocycles. The molecule has 190 valence electrons. The van der Waals surface area contributed by atoms with Crippen LogP contribution in [0.25, 0.3) is 0 Å². The maximum atomic E-state index is 14.0. The first-order valence-electron chi connectivity index (χ1n) is 13.3. The van der Waals surface area contributed by atoms with Crippen molar-refractivity contribution in [3.8, 4) is 0 Å². The van der Waals surface area contributed by atoms with Crippen LogP contribution < -0.4 is 9.80 Å². The Bertz CT molecular complexity index is 1200. The molecule has 0 spiro atoms. The van der Waals surface area contributed by atoms with Crippen molar-refractivity contribution in [3.05, 3.63) is 58.0 Å². The second-order valence-electron chi connectivity index (χ2n) is 9.55. The number of aryl methyl sites for hydroxylation is 1. The average molecular weight is 521 g/mol. The van der Waals surface area contributed by atoms with E-state index in [1.807, 2.05) is 4.90 Å². The van der Waals surface area contributed by atoms with E-state index in [-0.39, 0.29) is 11.9 Å². The largest absolute Gasteiger partial charge is 0.372 e. The van der Waals surface area contributed by atoms with Gasteiger partial charge in [-0.1, -0.05) is 43.2 Å². The molecule has 0 radical (unpaired) electrons. The number of rotatable bonds is 6. The molecule has 0 aromatic heterocycles. The van der Waals surface area contributed by atoms with Crippen molar-refractivity contribution in [2.75, 3.05) is 29.4 Å². The van der Waals surface area contributed by atoms with E-state index in [2.05, 4.69) is 80.0 Å². The predicted octanol–water partition coefficient (Wildman–Crippen LogP) is 7.54. The minimum absolute atomic E-state index is 0.122. The van der Waals surface area contributed by atoms with Gasteiger partial charge in [-0.25, -0.2) is 4.99 Å². The number of para-hydroxylation sites is 1. The second-order valence-corrected chi connectivity index (χ2v) is 11.6. The highest BCUT2D eigenvalue weighted by atomic mass is 32.2.